The minimum Gasteiger partial charge on any atom is -0.208 e. The Kier molecular flexibility index (Phi) is 9.25. The second-order valence-electron chi connectivity index (χ2n) is 14.9. The van der Waals surface area contributed by atoms with Gasteiger partial charge in [-0.2, -0.15) is 0 Å². The lowest BCUT2D eigenvalue weighted by Gasteiger charge is -2.19. The van der Waals surface area contributed by atoms with Gasteiger partial charge in [0, 0.05) is 42.8 Å². The number of aromatic nitrogens is 3. The highest BCUT2D eigenvalue weighted by molar-refractivity contribution is 7.26. The SMILES string of the molecule is Cc1ccc(-c2ccc3c(c2)sc2c(-c4nc(-c5ccccc5)nc(-c5ccccc5)n4)cccc23)cc1-c1ccccc1C(C)c1ccc(-c2ccccc2)cc1. The maximum atomic E-state index is 5.07. The van der Waals surface area contributed by atoms with Gasteiger partial charge in [0.1, 0.15) is 0 Å². The highest BCUT2D eigenvalue weighted by Crippen LogP contribution is 2.42. The van der Waals surface area contributed by atoms with E-state index in [1.54, 1.807) is 11.3 Å². The summed E-state index contributed by atoms with van der Waals surface area (Å²) in [5, 5.41) is 2.44. The van der Waals surface area contributed by atoms with Crippen LogP contribution >= 0.6 is 11.3 Å². The van der Waals surface area contributed by atoms with Crippen LogP contribution in [0.3, 0.4) is 0 Å². The summed E-state index contributed by atoms with van der Waals surface area (Å²) in [7, 11) is 0. The van der Waals surface area contributed by atoms with Crippen LogP contribution in [0.1, 0.15) is 29.5 Å². The Labute approximate surface area is 343 Å². The molecule has 8 aromatic carbocycles. The van der Waals surface area contributed by atoms with E-state index in [9.17, 15) is 0 Å². The van der Waals surface area contributed by atoms with Crippen molar-refractivity contribution in [2.24, 2.45) is 0 Å². The van der Waals surface area contributed by atoms with Gasteiger partial charge < -0.3 is 0 Å². The Morgan fingerprint density at radius 2 is 0.931 bits per heavy atom. The maximum Gasteiger partial charge on any atom is 0.165 e. The van der Waals surface area contributed by atoms with E-state index in [2.05, 4.69) is 172 Å². The molecule has 0 aliphatic carbocycles. The minimum absolute atomic E-state index is 0.227. The molecule has 0 saturated heterocycles. The predicted molar refractivity (Wildman–Crippen MR) is 244 cm³/mol. The summed E-state index contributed by atoms with van der Waals surface area (Å²) in [6, 6.07) is 69.1. The lowest BCUT2D eigenvalue weighted by atomic mass is 9.85. The molecule has 0 N–H and O–H groups in total. The molecule has 2 heterocycles. The molecule has 1 atom stereocenters. The van der Waals surface area contributed by atoms with Crippen LogP contribution in [0.2, 0.25) is 0 Å². The molecule has 0 aliphatic rings. The first-order valence-corrected chi connectivity index (χ1v) is 20.6. The normalized spacial score (nSPS) is 11.9. The van der Waals surface area contributed by atoms with Gasteiger partial charge in [0.15, 0.2) is 17.5 Å². The van der Waals surface area contributed by atoms with Crippen molar-refractivity contribution in [1.82, 2.24) is 15.0 Å². The first-order valence-electron chi connectivity index (χ1n) is 19.8. The van der Waals surface area contributed by atoms with Gasteiger partial charge in [-0.05, 0) is 75.2 Å². The molecule has 0 aliphatic heterocycles. The van der Waals surface area contributed by atoms with E-state index in [1.165, 1.54) is 70.2 Å². The number of hydrogen-bond donors (Lipinski definition) is 0. The molecule has 276 valence electrons. The van der Waals surface area contributed by atoms with Gasteiger partial charge in [0.2, 0.25) is 0 Å². The van der Waals surface area contributed by atoms with Crippen LogP contribution in [0.4, 0.5) is 0 Å². The van der Waals surface area contributed by atoms with Gasteiger partial charge in [-0.3, -0.25) is 0 Å². The molecule has 0 amide bonds. The van der Waals surface area contributed by atoms with Crippen LogP contribution in [0.5, 0.6) is 0 Å². The van der Waals surface area contributed by atoms with Gasteiger partial charge in [-0.25, -0.2) is 15.0 Å². The number of fused-ring (bicyclic) bond motifs is 3. The average Bonchev–Trinajstić information content (AvgIpc) is 3.68. The van der Waals surface area contributed by atoms with Crippen LogP contribution in [-0.2, 0) is 0 Å². The molecule has 3 nitrogen and oxygen atoms in total. The van der Waals surface area contributed by atoms with Crippen molar-refractivity contribution in [3.63, 3.8) is 0 Å². The van der Waals surface area contributed by atoms with Crippen LogP contribution in [0.25, 0.3) is 87.7 Å². The molecule has 0 fully saturated rings. The average molecular weight is 762 g/mol. The third-order valence-corrected chi connectivity index (χ3v) is 12.4. The fourth-order valence-corrected chi connectivity index (χ4v) is 9.32. The zero-order valence-corrected chi connectivity index (χ0v) is 33.1. The molecule has 10 aromatic rings. The molecule has 2 aromatic heterocycles. The topological polar surface area (TPSA) is 38.7 Å². The smallest absolute Gasteiger partial charge is 0.165 e. The van der Waals surface area contributed by atoms with Crippen molar-refractivity contribution in [1.29, 1.82) is 0 Å². The quantitative estimate of drug-likeness (QED) is 0.155. The summed E-state index contributed by atoms with van der Waals surface area (Å²) in [5.41, 5.74) is 14.2. The summed E-state index contributed by atoms with van der Waals surface area (Å²) in [6.07, 6.45) is 0. The minimum atomic E-state index is 0.227. The first-order chi connectivity index (χ1) is 28.6. The summed E-state index contributed by atoms with van der Waals surface area (Å²) < 4.78 is 2.40. The van der Waals surface area contributed by atoms with Crippen molar-refractivity contribution < 1.29 is 0 Å². The highest BCUT2D eigenvalue weighted by Gasteiger charge is 2.19. The first kappa shape index (κ1) is 35.4. The summed E-state index contributed by atoms with van der Waals surface area (Å²) >= 11 is 1.80. The second-order valence-corrected chi connectivity index (χ2v) is 15.9. The van der Waals surface area contributed by atoms with E-state index in [4.69, 9.17) is 15.0 Å². The molecule has 0 bridgehead atoms. The van der Waals surface area contributed by atoms with E-state index < -0.39 is 0 Å². The monoisotopic (exact) mass is 761 g/mol. The van der Waals surface area contributed by atoms with Crippen LogP contribution < -0.4 is 0 Å². The van der Waals surface area contributed by atoms with Crippen molar-refractivity contribution >= 4 is 31.5 Å². The molecule has 58 heavy (non-hydrogen) atoms. The maximum absolute atomic E-state index is 5.07. The zero-order valence-electron chi connectivity index (χ0n) is 32.3. The Morgan fingerprint density at radius 1 is 0.397 bits per heavy atom. The molecular weight excluding hydrogens is 723 g/mol. The molecule has 0 saturated carbocycles. The largest absolute Gasteiger partial charge is 0.208 e. The number of thiophene rings is 1. The van der Waals surface area contributed by atoms with E-state index >= 15 is 0 Å². The summed E-state index contributed by atoms with van der Waals surface area (Å²) in [4.78, 5) is 15.1. The van der Waals surface area contributed by atoms with Crippen LogP contribution in [0, 0.1) is 6.92 Å². The highest BCUT2D eigenvalue weighted by atomic mass is 32.1. The van der Waals surface area contributed by atoms with Crippen LogP contribution in [0.15, 0.2) is 194 Å². The Morgan fingerprint density at radius 3 is 1.62 bits per heavy atom. The third-order valence-electron chi connectivity index (χ3n) is 11.2. The number of nitrogens with zero attached hydrogens (tertiary/aromatic N) is 3. The van der Waals surface area contributed by atoms with Gasteiger partial charge in [-0.1, -0.05) is 183 Å². The lowest BCUT2D eigenvalue weighted by Crippen LogP contribution is -2.00. The van der Waals surface area contributed by atoms with Gasteiger partial charge >= 0.3 is 0 Å². The van der Waals surface area contributed by atoms with E-state index in [0.29, 0.717) is 17.5 Å². The molecule has 0 radical (unpaired) electrons. The number of aryl methyl sites for hydroxylation is 1. The molecule has 1 unspecified atom stereocenters. The van der Waals surface area contributed by atoms with Crippen LogP contribution in [-0.4, -0.2) is 15.0 Å². The predicted octanol–water partition coefficient (Wildman–Crippen LogP) is 14.7. The van der Waals surface area contributed by atoms with E-state index in [0.717, 1.165) is 16.7 Å². The molecule has 4 heteroatoms. The standard InChI is InChI=1S/C54H39N3S/c1-35-25-26-42(33-49(35)45-22-13-12-21-44(45)36(2)37-27-29-39(30-28-37)38-15-6-3-7-16-38)43-31-32-46-47-23-14-24-48(51(47)58-50(46)34-43)54-56-52(40-17-8-4-9-18-40)55-53(57-54)41-19-10-5-11-20-41/h3-34,36H,1-2H3. The van der Waals surface area contributed by atoms with Crippen molar-refractivity contribution in [2.75, 3.05) is 0 Å². The Hall–Kier alpha value is -7.01. The number of hydrogen-bond acceptors (Lipinski definition) is 4. The summed E-state index contributed by atoms with van der Waals surface area (Å²) in [6.45, 7) is 4.54. The van der Waals surface area contributed by atoms with Crippen molar-refractivity contribution in [3.8, 4) is 67.5 Å². The number of benzene rings is 8. The molecular formula is C54H39N3S. The lowest BCUT2D eigenvalue weighted by molar-refractivity contribution is 0.925. The Bertz CT molecular complexity index is 3010. The third kappa shape index (κ3) is 6.68. The van der Waals surface area contributed by atoms with Gasteiger partial charge in [0.25, 0.3) is 0 Å². The summed E-state index contributed by atoms with van der Waals surface area (Å²) in [5.74, 6) is 2.23. The van der Waals surface area contributed by atoms with Gasteiger partial charge in [-0.15, -0.1) is 11.3 Å². The fourth-order valence-electron chi connectivity index (χ4n) is 8.07. The van der Waals surface area contributed by atoms with Crippen molar-refractivity contribution in [3.05, 3.63) is 211 Å². The van der Waals surface area contributed by atoms with Crippen molar-refractivity contribution in [2.45, 2.75) is 19.8 Å². The van der Waals surface area contributed by atoms with Gasteiger partial charge in [0.05, 0.1) is 0 Å². The van der Waals surface area contributed by atoms with E-state index in [1.807, 2.05) is 36.4 Å². The Balaban J connectivity index is 1.02. The fraction of sp³-hybridized carbons (Fsp3) is 0.0556. The number of rotatable bonds is 8. The zero-order chi connectivity index (χ0) is 39.0. The molecule has 10 rings (SSSR count). The van der Waals surface area contributed by atoms with E-state index in [-0.39, 0.29) is 5.92 Å². The molecule has 0 spiro atoms. The second kappa shape index (κ2) is 15.2.